The van der Waals surface area contributed by atoms with Crippen LogP contribution in [-0.4, -0.2) is 16.1 Å². The minimum Gasteiger partial charge on any atom is -0.504 e. The van der Waals surface area contributed by atoms with E-state index in [0.717, 1.165) is 17.3 Å². The fourth-order valence-electron chi connectivity index (χ4n) is 1.53. The van der Waals surface area contributed by atoms with Gasteiger partial charge in [0.05, 0.1) is 0 Å². The summed E-state index contributed by atoms with van der Waals surface area (Å²) in [7, 11) is 0. The van der Waals surface area contributed by atoms with Gasteiger partial charge in [-0.25, -0.2) is 0 Å². The molecule has 4 nitrogen and oxygen atoms in total. The van der Waals surface area contributed by atoms with Crippen LogP contribution in [0.3, 0.4) is 0 Å². The fourth-order valence-corrected chi connectivity index (χ4v) is 1.53. The lowest BCUT2D eigenvalue weighted by molar-refractivity contribution is -0.134. The summed E-state index contributed by atoms with van der Waals surface area (Å²) in [5, 5.41) is 10.5. The normalized spacial score (nSPS) is 10.6. The smallest absolute Gasteiger partial charge is 0.311 e. The fraction of sp³-hybridized carbons (Fsp3) is 0.250. The van der Waals surface area contributed by atoms with Crippen LogP contribution in [0, 0.1) is 0 Å². The molecule has 1 heterocycles. The lowest BCUT2D eigenvalue weighted by Gasteiger charge is -2.05. The van der Waals surface area contributed by atoms with E-state index in [4.69, 9.17) is 4.74 Å². The number of aromatic hydroxyl groups is 1. The van der Waals surface area contributed by atoms with Crippen molar-refractivity contribution >= 4 is 16.9 Å². The van der Waals surface area contributed by atoms with Crippen molar-refractivity contribution in [3.63, 3.8) is 0 Å². The zero-order valence-corrected chi connectivity index (χ0v) is 8.99. The van der Waals surface area contributed by atoms with Crippen molar-refractivity contribution in [1.29, 1.82) is 0 Å². The van der Waals surface area contributed by atoms with E-state index in [-0.39, 0.29) is 17.5 Å². The Balaban J connectivity index is 2.29. The average molecular weight is 219 g/mol. The number of benzene rings is 1. The number of esters is 1. The predicted molar refractivity (Wildman–Crippen MR) is 60.5 cm³/mol. The summed E-state index contributed by atoms with van der Waals surface area (Å²) in [5.41, 5.74) is 0.831. The Labute approximate surface area is 92.9 Å². The van der Waals surface area contributed by atoms with E-state index in [2.05, 4.69) is 4.98 Å². The average Bonchev–Trinajstić information content (AvgIpc) is 2.65. The summed E-state index contributed by atoms with van der Waals surface area (Å²) in [6.45, 7) is 1.90. The maximum Gasteiger partial charge on any atom is 0.311 e. The first-order valence-corrected chi connectivity index (χ1v) is 5.21. The summed E-state index contributed by atoms with van der Waals surface area (Å²) in [6, 6.07) is 5.03. The van der Waals surface area contributed by atoms with Crippen molar-refractivity contribution in [1.82, 2.24) is 4.98 Å². The van der Waals surface area contributed by atoms with Gasteiger partial charge in [0, 0.05) is 29.6 Å². The molecule has 2 aromatic rings. The first-order chi connectivity index (χ1) is 7.70. The van der Waals surface area contributed by atoms with E-state index in [9.17, 15) is 9.90 Å². The van der Waals surface area contributed by atoms with Crippen molar-refractivity contribution in [2.75, 3.05) is 0 Å². The summed E-state index contributed by atoms with van der Waals surface area (Å²) in [6.07, 6.45) is 2.84. The third kappa shape index (κ3) is 2.00. The molecule has 0 amide bonds. The molecule has 0 fully saturated rings. The van der Waals surface area contributed by atoms with Crippen LogP contribution in [0.2, 0.25) is 0 Å². The van der Waals surface area contributed by atoms with Gasteiger partial charge in [0.2, 0.25) is 0 Å². The quantitative estimate of drug-likeness (QED) is 0.616. The number of H-pyrrole nitrogens is 1. The van der Waals surface area contributed by atoms with E-state index in [1.807, 2.05) is 13.0 Å². The van der Waals surface area contributed by atoms with Gasteiger partial charge in [-0.2, -0.15) is 0 Å². The Bertz CT molecular complexity index is 516. The molecule has 0 aliphatic heterocycles. The molecule has 0 bridgehead atoms. The number of carbonyl (C=O) groups is 1. The lowest BCUT2D eigenvalue weighted by atomic mass is 10.2. The van der Waals surface area contributed by atoms with E-state index in [1.54, 1.807) is 18.3 Å². The summed E-state index contributed by atoms with van der Waals surface area (Å²) < 4.78 is 5.05. The summed E-state index contributed by atoms with van der Waals surface area (Å²) in [5.74, 6) is -0.145. The van der Waals surface area contributed by atoms with Crippen molar-refractivity contribution < 1.29 is 14.6 Å². The number of nitrogens with one attached hydrogen (secondary N) is 1. The van der Waals surface area contributed by atoms with Gasteiger partial charge in [-0.15, -0.1) is 0 Å². The highest BCUT2D eigenvalue weighted by Crippen LogP contribution is 2.31. The molecule has 0 saturated heterocycles. The molecule has 1 aromatic carbocycles. The largest absolute Gasteiger partial charge is 0.504 e. The molecule has 0 atom stereocenters. The van der Waals surface area contributed by atoms with Crippen molar-refractivity contribution in [2.45, 2.75) is 19.8 Å². The standard InChI is InChI=1S/C12H13NO3/c1-2-3-12(15)16-11-7-9-8(4-5-13-9)6-10(11)14/h4-7,13-14H,2-3H2,1H3. The van der Waals surface area contributed by atoms with Gasteiger partial charge in [0.1, 0.15) is 0 Å². The van der Waals surface area contributed by atoms with Crippen molar-refractivity contribution in [2.24, 2.45) is 0 Å². The van der Waals surface area contributed by atoms with Gasteiger partial charge in [0.15, 0.2) is 11.5 Å². The van der Waals surface area contributed by atoms with E-state index < -0.39 is 0 Å². The van der Waals surface area contributed by atoms with Crippen LogP contribution in [0.4, 0.5) is 0 Å². The number of phenolic OH excluding ortho intramolecular Hbond substituents is 1. The van der Waals surface area contributed by atoms with Crippen molar-refractivity contribution in [3.8, 4) is 11.5 Å². The number of ether oxygens (including phenoxy) is 1. The number of carbonyl (C=O) groups excluding carboxylic acids is 1. The molecular weight excluding hydrogens is 206 g/mol. The molecule has 0 saturated carbocycles. The first kappa shape index (κ1) is 10.5. The second-order valence-electron chi connectivity index (χ2n) is 3.61. The maximum atomic E-state index is 11.3. The molecule has 0 aliphatic carbocycles. The van der Waals surface area contributed by atoms with Gasteiger partial charge in [0.25, 0.3) is 0 Å². The highest BCUT2D eigenvalue weighted by Gasteiger charge is 2.09. The minimum atomic E-state index is -0.330. The van der Waals surface area contributed by atoms with Gasteiger partial charge in [-0.3, -0.25) is 4.79 Å². The molecule has 0 unspecified atom stereocenters. The Morgan fingerprint density at radius 1 is 1.50 bits per heavy atom. The monoisotopic (exact) mass is 219 g/mol. The molecule has 2 rings (SSSR count). The number of aromatic amines is 1. The Hall–Kier alpha value is -1.97. The topological polar surface area (TPSA) is 62.3 Å². The minimum absolute atomic E-state index is 0.0171. The van der Waals surface area contributed by atoms with Gasteiger partial charge in [-0.05, 0) is 18.6 Å². The number of hydrogen-bond donors (Lipinski definition) is 2. The van der Waals surface area contributed by atoms with Crippen LogP contribution in [0.25, 0.3) is 10.9 Å². The molecule has 2 N–H and O–H groups in total. The second kappa shape index (κ2) is 4.26. The second-order valence-corrected chi connectivity index (χ2v) is 3.61. The van der Waals surface area contributed by atoms with Gasteiger partial charge < -0.3 is 14.8 Å². The van der Waals surface area contributed by atoms with E-state index in [0.29, 0.717) is 6.42 Å². The van der Waals surface area contributed by atoms with Crippen LogP contribution < -0.4 is 4.74 Å². The Kier molecular flexibility index (Phi) is 2.81. The van der Waals surface area contributed by atoms with Crippen LogP contribution in [0.5, 0.6) is 11.5 Å². The third-order valence-corrected chi connectivity index (χ3v) is 2.31. The molecule has 16 heavy (non-hydrogen) atoms. The molecule has 1 aromatic heterocycles. The van der Waals surface area contributed by atoms with Crippen LogP contribution >= 0.6 is 0 Å². The maximum absolute atomic E-state index is 11.3. The van der Waals surface area contributed by atoms with Gasteiger partial charge in [-0.1, -0.05) is 6.92 Å². The highest BCUT2D eigenvalue weighted by atomic mass is 16.5. The van der Waals surface area contributed by atoms with E-state index >= 15 is 0 Å². The molecular formula is C12H13NO3. The molecule has 0 spiro atoms. The Morgan fingerprint density at radius 3 is 3.06 bits per heavy atom. The third-order valence-electron chi connectivity index (χ3n) is 2.31. The summed E-state index contributed by atoms with van der Waals surface area (Å²) in [4.78, 5) is 14.3. The first-order valence-electron chi connectivity index (χ1n) is 5.21. The van der Waals surface area contributed by atoms with Crippen LogP contribution in [0.1, 0.15) is 19.8 Å². The predicted octanol–water partition coefficient (Wildman–Crippen LogP) is 2.58. The lowest BCUT2D eigenvalue weighted by Crippen LogP contribution is -2.06. The van der Waals surface area contributed by atoms with Crippen LogP contribution in [0.15, 0.2) is 24.4 Å². The number of rotatable bonds is 3. The molecule has 84 valence electrons. The van der Waals surface area contributed by atoms with Crippen molar-refractivity contribution in [3.05, 3.63) is 24.4 Å². The number of aromatic nitrogens is 1. The SMILES string of the molecule is CCCC(=O)Oc1cc2[nH]ccc2cc1O. The summed E-state index contributed by atoms with van der Waals surface area (Å²) >= 11 is 0. The van der Waals surface area contributed by atoms with Gasteiger partial charge >= 0.3 is 5.97 Å². The number of fused-ring (bicyclic) bond motifs is 1. The zero-order valence-electron chi connectivity index (χ0n) is 8.99. The van der Waals surface area contributed by atoms with E-state index in [1.165, 1.54) is 0 Å². The Morgan fingerprint density at radius 2 is 2.31 bits per heavy atom. The van der Waals surface area contributed by atoms with Crippen LogP contribution in [-0.2, 0) is 4.79 Å². The number of phenols is 1. The molecule has 0 radical (unpaired) electrons. The molecule has 0 aliphatic rings. The molecule has 4 heteroatoms. The number of hydrogen-bond acceptors (Lipinski definition) is 3. The zero-order chi connectivity index (χ0) is 11.5. The highest BCUT2D eigenvalue weighted by molar-refractivity contribution is 5.84.